The quantitative estimate of drug-likeness (QED) is 0.664. The van der Waals surface area contributed by atoms with E-state index in [1.165, 1.54) is 0 Å². The molecule has 2 aromatic carbocycles. The van der Waals surface area contributed by atoms with Gasteiger partial charge in [-0.05, 0) is 31.2 Å². The number of rotatable bonds is 4. The Balaban J connectivity index is 1.96. The second kappa shape index (κ2) is 5.82. The lowest BCUT2D eigenvalue weighted by Crippen LogP contribution is -2.09. The van der Waals surface area contributed by atoms with E-state index < -0.39 is 0 Å². The number of nitrogens with zero attached hydrogens (tertiary/aromatic N) is 2. The Morgan fingerprint density at radius 2 is 2.00 bits per heavy atom. The van der Waals surface area contributed by atoms with Crippen molar-refractivity contribution in [1.29, 1.82) is 0 Å². The maximum absolute atomic E-state index is 12.4. The van der Waals surface area contributed by atoms with E-state index in [0.717, 1.165) is 27.9 Å². The van der Waals surface area contributed by atoms with E-state index in [2.05, 4.69) is 32.4 Å². The van der Waals surface area contributed by atoms with Crippen molar-refractivity contribution in [3.63, 3.8) is 0 Å². The van der Waals surface area contributed by atoms with Crippen molar-refractivity contribution in [3.05, 3.63) is 64.4 Å². The van der Waals surface area contributed by atoms with E-state index >= 15 is 0 Å². The molecule has 0 saturated carbocycles. The first-order valence-corrected chi connectivity index (χ1v) is 7.71. The van der Waals surface area contributed by atoms with Crippen molar-refractivity contribution in [2.24, 2.45) is 0 Å². The lowest BCUT2D eigenvalue weighted by molar-refractivity contribution is 0.0990. The molecule has 0 N–H and O–H groups in total. The average molecular weight is 343 g/mol. The van der Waals surface area contributed by atoms with Crippen LogP contribution < -0.4 is 0 Å². The number of ketones is 1. The fraction of sp³-hybridized carbons (Fsp3) is 0.176. The minimum Gasteiger partial charge on any atom is -0.328 e. The highest BCUT2D eigenvalue weighted by Gasteiger charge is 2.14. The number of Topliss-reactive ketones (excluding diaryl/α,β-unsaturated/α-hetero) is 1. The van der Waals surface area contributed by atoms with Crippen molar-refractivity contribution in [1.82, 2.24) is 9.55 Å². The maximum Gasteiger partial charge on any atom is 0.170 e. The molecule has 1 aromatic heterocycles. The summed E-state index contributed by atoms with van der Waals surface area (Å²) in [6, 6.07) is 15.5. The number of fused-ring (bicyclic) bond motifs is 1. The zero-order valence-electron chi connectivity index (χ0n) is 11.7. The lowest BCUT2D eigenvalue weighted by atomic mass is 10.1. The second-order valence-electron chi connectivity index (χ2n) is 4.87. The third-order valence-electron chi connectivity index (χ3n) is 3.52. The molecule has 0 amide bonds. The van der Waals surface area contributed by atoms with Crippen LogP contribution in [0.5, 0.6) is 0 Å². The second-order valence-corrected chi connectivity index (χ2v) is 5.79. The summed E-state index contributed by atoms with van der Waals surface area (Å²) in [6.45, 7) is 2.88. The first-order valence-electron chi connectivity index (χ1n) is 6.92. The SMILES string of the molecule is CCn1c(CC(=O)c2cccc(Br)c2)nc2ccccc21. The van der Waals surface area contributed by atoms with Crippen LogP contribution >= 0.6 is 15.9 Å². The number of benzene rings is 2. The fourth-order valence-corrected chi connectivity index (χ4v) is 2.92. The van der Waals surface area contributed by atoms with Crippen LogP contribution in [0.4, 0.5) is 0 Å². The number of halogens is 1. The molecular weight excluding hydrogens is 328 g/mol. The van der Waals surface area contributed by atoms with Crippen LogP contribution in [0, 0.1) is 0 Å². The Labute approximate surface area is 131 Å². The van der Waals surface area contributed by atoms with Crippen molar-refractivity contribution in [2.75, 3.05) is 0 Å². The van der Waals surface area contributed by atoms with Gasteiger partial charge in [0.2, 0.25) is 0 Å². The molecule has 106 valence electrons. The molecule has 21 heavy (non-hydrogen) atoms. The van der Waals surface area contributed by atoms with E-state index in [4.69, 9.17) is 0 Å². The maximum atomic E-state index is 12.4. The van der Waals surface area contributed by atoms with Crippen LogP contribution in [0.25, 0.3) is 11.0 Å². The van der Waals surface area contributed by atoms with Crippen molar-refractivity contribution in [2.45, 2.75) is 19.9 Å². The summed E-state index contributed by atoms with van der Waals surface area (Å²) < 4.78 is 3.02. The molecule has 3 nitrogen and oxygen atoms in total. The monoisotopic (exact) mass is 342 g/mol. The molecule has 0 spiro atoms. The highest BCUT2D eigenvalue weighted by molar-refractivity contribution is 9.10. The summed E-state index contributed by atoms with van der Waals surface area (Å²) >= 11 is 3.40. The summed E-state index contributed by atoms with van der Waals surface area (Å²) in [6.07, 6.45) is 0.318. The molecule has 0 aliphatic rings. The third-order valence-corrected chi connectivity index (χ3v) is 4.01. The predicted octanol–water partition coefficient (Wildman–Crippen LogP) is 4.24. The normalized spacial score (nSPS) is 11.0. The van der Waals surface area contributed by atoms with Gasteiger partial charge in [0, 0.05) is 16.6 Å². The minimum atomic E-state index is 0.0845. The summed E-state index contributed by atoms with van der Waals surface area (Å²) in [7, 11) is 0. The Morgan fingerprint density at radius 1 is 1.19 bits per heavy atom. The number of hydrogen-bond donors (Lipinski definition) is 0. The molecule has 0 fully saturated rings. The Hall–Kier alpha value is -1.94. The molecule has 0 bridgehead atoms. The third kappa shape index (κ3) is 2.76. The number of hydrogen-bond acceptors (Lipinski definition) is 2. The van der Waals surface area contributed by atoms with E-state index in [1.54, 1.807) is 0 Å². The van der Waals surface area contributed by atoms with Crippen molar-refractivity contribution >= 4 is 32.7 Å². The number of carbonyl (C=O) groups is 1. The van der Waals surface area contributed by atoms with Crippen LogP contribution in [0.2, 0.25) is 0 Å². The fourth-order valence-electron chi connectivity index (χ4n) is 2.52. The van der Waals surface area contributed by atoms with Gasteiger partial charge >= 0.3 is 0 Å². The zero-order chi connectivity index (χ0) is 14.8. The molecule has 0 radical (unpaired) electrons. The van der Waals surface area contributed by atoms with Gasteiger partial charge < -0.3 is 4.57 Å². The largest absolute Gasteiger partial charge is 0.328 e. The molecule has 0 unspecified atom stereocenters. The van der Waals surface area contributed by atoms with Crippen LogP contribution in [0.3, 0.4) is 0 Å². The van der Waals surface area contributed by atoms with Gasteiger partial charge in [0.05, 0.1) is 17.5 Å². The molecule has 3 rings (SSSR count). The van der Waals surface area contributed by atoms with Gasteiger partial charge in [-0.2, -0.15) is 0 Å². The molecule has 0 atom stereocenters. The van der Waals surface area contributed by atoms with Gasteiger partial charge in [-0.15, -0.1) is 0 Å². The molecule has 0 aliphatic carbocycles. The van der Waals surface area contributed by atoms with Crippen molar-refractivity contribution < 1.29 is 4.79 Å². The standard InChI is InChI=1S/C17H15BrN2O/c1-2-20-15-9-4-3-8-14(15)19-17(20)11-16(21)12-6-5-7-13(18)10-12/h3-10H,2,11H2,1H3. The van der Waals surface area contributed by atoms with Crippen LogP contribution in [-0.2, 0) is 13.0 Å². The summed E-state index contributed by atoms with van der Waals surface area (Å²) in [5.41, 5.74) is 2.73. The number of imidazole rings is 1. The van der Waals surface area contributed by atoms with Gasteiger partial charge in [0.25, 0.3) is 0 Å². The van der Waals surface area contributed by atoms with Gasteiger partial charge in [0.1, 0.15) is 5.82 Å². The predicted molar refractivity (Wildman–Crippen MR) is 87.6 cm³/mol. The molecular formula is C17H15BrN2O. The average Bonchev–Trinajstić information content (AvgIpc) is 2.84. The lowest BCUT2D eigenvalue weighted by Gasteiger charge is -2.06. The van der Waals surface area contributed by atoms with Crippen LogP contribution in [-0.4, -0.2) is 15.3 Å². The molecule has 4 heteroatoms. The molecule has 1 heterocycles. The number of aryl methyl sites for hydroxylation is 1. The Morgan fingerprint density at radius 3 is 2.76 bits per heavy atom. The van der Waals surface area contributed by atoms with Crippen molar-refractivity contribution in [3.8, 4) is 0 Å². The highest BCUT2D eigenvalue weighted by Crippen LogP contribution is 2.18. The van der Waals surface area contributed by atoms with Crippen LogP contribution in [0.15, 0.2) is 53.0 Å². The molecule has 0 saturated heterocycles. The number of aromatic nitrogens is 2. The number of para-hydroxylation sites is 2. The first kappa shape index (κ1) is 14.0. The summed E-state index contributed by atoms with van der Waals surface area (Å²) in [4.78, 5) is 17.0. The summed E-state index contributed by atoms with van der Waals surface area (Å²) in [5.74, 6) is 0.907. The smallest absolute Gasteiger partial charge is 0.170 e. The molecule has 3 aromatic rings. The van der Waals surface area contributed by atoms with Gasteiger partial charge in [0.15, 0.2) is 5.78 Å². The van der Waals surface area contributed by atoms with Gasteiger partial charge in [-0.3, -0.25) is 4.79 Å². The topological polar surface area (TPSA) is 34.9 Å². The van der Waals surface area contributed by atoms with E-state index in [1.807, 2.05) is 48.5 Å². The van der Waals surface area contributed by atoms with Gasteiger partial charge in [-0.25, -0.2) is 4.98 Å². The Kier molecular flexibility index (Phi) is 3.88. The first-order chi connectivity index (χ1) is 10.2. The van der Waals surface area contributed by atoms with E-state index in [9.17, 15) is 4.79 Å². The summed E-state index contributed by atoms with van der Waals surface area (Å²) in [5, 5.41) is 0. The molecule has 0 aliphatic heterocycles. The van der Waals surface area contributed by atoms with E-state index in [0.29, 0.717) is 12.0 Å². The van der Waals surface area contributed by atoms with E-state index in [-0.39, 0.29) is 5.78 Å². The van der Waals surface area contributed by atoms with Crippen LogP contribution in [0.1, 0.15) is 23.1 Å². The van der Waals surface area contributed by atoms with Gasteiger partial charge in [-0.1, -0.05) is 40.2 Å². The Bertz CT molecular complexity index is 807. The minimum absolute atomic E-state index is 0.0845. The highest BCUT2D eigenvalue weighted by atomic mass is 79.9. The zero-order valence-corrected chi connectivity index (χ0v) is 13.3. The number of carbonyl (C=O) groups excluding carboxylic acids is 1.